The van der Waals surface area contributed by atoms with Gasteiger partial charge in [-0.25, -0.2) is 8.42 Å². The molecule has 0 radical (unpaired) electrons. The maximum atomic E-state index is 12.5. The smallest absolute Gasteiger partial charge is 0.206 e. The van der Waals surface area contributed by atoms with Crippen molar-refractivity contribution in [1.29, 1.82) is 0 Å². The summed E-state index contributed by atoms with van der Waals surface area (Å²) >= 11 is 0. The Hall–Kier alpha value is -2.79. The van der Waals surface area contributed by atoms with Gasteiger partial charge in [0.1, 0.15) is 18.1 Å². The first-order valence-electron chi connectivity index (χ1n) is 7.36. The highest BCUT2D eigenvalue weighted by molar-refractivity contribution is 7.91. The minimum Gasteiger partial charge on any atom is -0.508 e. The van der Waals surface area contributed by atoms with Crippen molar-refractivity contribution in [2.45, 2.75) is 16.4 Å². The van der Waals surface area contributed by atoms with Gasteiger partial charge in [0.25, 0.3) is 0 Å². The van der Waals surface area contributed by atoms with E-state index in [1.165, 1.54) is 36.4 Å². The number of hydrogen-bond donors (Lipinski definition) is 1. The average molecular weight is 340 g/mol. The van der Waals surface area contributed by atoms with E-state index in [0.29, 0.717) is 12.4 Å². The van der Waals surface area contributed by atoms with Crippen LogP contribution in [0.1, 0.15) is 5.56 Å². The van der Waals surface area contributed by atoms with Crippen molar-refractivity contribution in [3.05, 3.63) is 84.4 Å². The van der Waals surface area contributed by atoms with Crippen molar-refractivity contribution in [3.63, 3.8) is 0 Å². The highest BCUT2D eigenvalue weighted by atomic mass is 32.2. The van der Waals surface area contributed by atoms with Crippen LogP contribution in [0.3, 0.4) is 0 Å². The largest absolute Gasteiger partial charge is 0.508 e. The fourth-order valence-corrected chi connectivity index (χ4v) is 3.48. The van der Waals surface area contributed by atoms with Crippen LogP contribution in [0.5, 0.6) is 11.5 Å². The predicted octanol–water partition coefficient (Wildman–Crippen LogP) is 3.80. The van der Waals surface area contributed by atoms with Crippen LogP contribution in [-0.2, 0) is 16.4 Å². The van der Waals surface area contributed by atoms with Crippen LogP contribution in [0.2, 0.25) is 0 Å². The number of phenols is 1. The predicted molar refractivity (Wildman–Crippen MR) is 90.8 cm³/mol. The molecule has 3 rings (SSSR count). The van der Waals surface area contributed by atoms with Crippen LogP contribution in [0.25, 0.3) is 0 Å². The van der Waals surface area contributed by atoms with Crippen molar-refractivity contribution in [1.82, 2.24) is 0 Å². The molecule has 0 aliphatic rings. The number of ether oxygens (including phenoxy) is 1. The molecular formula is C19H16O4S. The average Bonchev–Trinajstić information content (AvgIpc) is 2.61. The van der Waals surface area contributed by atoms with Gasteiger partial charge in [-0.1, -0.05) is 30.3 Å². The van der Waals surface area contributed by atoms with E-state index in [4.69, 9.17) is 4.74 Å². The van der Waals surface area contributed by atoms with Gasteiger partial charge in [-0.05, 0) is 54.1 Å². The molecule has 0 amide bonds. The van der Waals surface area contributed by atoms with Gasteiger partial charge >= 0.3 is 0 Å². The molecular weight excluding hydrogens is 324 g/mol. The summed E-state index contributed by atoms with van der Waals surface area (Å²) in [6.45, 7) is 0.422. The lowest BCUT2D eigenvalue weighted by Crippen LogP contribution is -2.02. The third-order valence-corrected chi connectivity index (χ3v) is 5.31. The Balaban J connectivity index is 1.75. The van der Waals surface area contributed by atoms with Crippen molar-refractivity contribution in [3.8, 4) is 11.5 Å². The summed E-state index contributed by atoms with van der Waals surface area (Å²) in [5.41, 5.74) is 1.04. The van der Waals surface area contributed by atoms with Crippen molar-refractivity contribution >= 4 is 9.84 Å². The fourth-order valence-electron chi connectivity index (χ4n) is 2.22. The van der Waals surface area contributed by atoms with Gasteiger partial charge in [-0.3, -0.25) is 0 Å². The Morgan fingerprint density at radius 2 is 1.29 bits per heavy atom. The van der Waals surface area contributed by atoms with Crippen LogP contribution in [0.4, 0.5) is 0 Å². The van der Waals surface area contributed by atoms with Crippen LogP contribution >= 0.6 is 0 Å². The van der Waals surface area contributed by atoms with Gasteiger partial charge in [-0.15, -0.1) is 0 Å². The zero-order valence-electron chi connectivity index (χ0n) is 12.8. The molecule has 0 bridgehead atoms. The van der Waals surface area contributed by atoms with E-state index in [-0.39, 0.29) is 15.5 Å². The van der Waals surface area contributed by atoms with Gasteiger partial charge in [0.15, 0.2) is 0 Å². The van der Waals surface area contributed by atoms with Gasteiger partial charge in [0.2, 0.25) is 9.84 Å². The number of sulfone groups is 1. The topological polar surface area (TPSA) is 63.6 Å². The molecule has 0 unspecified atom stereocenters. The monoisotopic (exact) mass is 340 g/mol. The van der Waals surface area contributed by atoms with E-state index < -0.39 is 9.84 Å². The Morgan fingerprint density at radius 1 is 0.750 bits per heavy atom. The molecule has 0 saturated carbocycles. The van der Waals surface area contributed by atoms with Gasteiger partial charge in [0.05, 0.1) is 9.79 Å². The lowest BCUT2D eigenvalue weighted by Gasteiger charge is -2.08. The number of hydrogen-bond acceptors (Lipinski definition) is 4. The second-order valence-corrected chi connectivity index (χ2v) is 7.19. The van der Waals surface area contributed by atoms with E-state index in [2.05, 4.69) is 0 Å². The maximum absolute atomic E-state index is 12.5. The van der Waals surface area contributed by atoms with Crippen LogP contribution in [0.15, 0.2) is 88.7 Å². The molecule has 1 N–H and O–H groups in total. The minimum atomic E-state index is -3.61. The first-order chi connectivity index (χ1) is 11.6. The molecule has 3 aromatic carbocycles. The first-order valence-corrected chi connectivity index (χ1v) is 8.85. The minimum absolute atomic E-state index is 0.0265. The molecule has 0 aromatic heterocycles. The van der Waals surface area contributed by atoms with Crippen molar-refractivity contribution in [2.75, 3.05) is 0 Å². The summed E-state index contributed by atoms with van der Waals surface area (Å²) in [6.07, 6.45) is 0. The normalized spacial score (nSPS) is 11.2. The number of aromatic hydroxyl groups is 1. The number of benzene rings is 3. The standard InChI is InChI=1S/C19H16O4S/c20-16-6-10-18(11-7-16)24(21,22)19-12-8-17(9-13-19)23-14-15-4-2-1-3-5-15/h1-13,20H,14H2. The van der Waals surface area contributed by atoms with Crippen LogP contribution in [0, 0.1) is 0 Å². The molecule has 0 heterocycles. The summed E-state index contributed by atoms with van der Waals surface area (Å²) in [7, 11) is -3.61. The Labute approximate surface area is 140 Å². The summed E-state index contributed by atoms with van der Waals surface area (Å²) in [6, 6.07) is 21.5. The quantitative estimate of drug-likeness (QED) is 0.767. The Bertz CT molecular complexity index is 900. The zero-order chi connectivity index (χ0) is 17.0. The molecule has 4 nitrogen and oxygen atoms in total. The summed E-state index contributed by atoms with van der Waals surface area (Å²) in [4.78, 5) is 0.318. The fraction of sp³-hybridized carbons (Fsp3) is 0.0526. The molecule has 0 saturated heterocycles. The van der Waals surface area contributed by atoms with Gasteiger partial charge in [-0.2, -0.15) is 0 Å². The number of rotatable bonds is 5. The van der Waals surface area contributed by atoms with E-state index in [9.17, 15) is 13.5 Å². The van der Waals surface area contributed by atoms with Crippen molar-refractivity contribution < 1.29 is 18.3 Å². The van der Waals surface area contributed by atoms with Crippen molar-refractivity contribution in [2.24, 2.45) is 0 Å². The second kappa shape index (κ2) is 6.76. The van der Waals surface area contributed by atoms with Crippen LogP contribution < -0.4 is 4.74 Å². The van der Waals surface area contributed by atoms with Crippen LogP contribution in [-0.4, -0.2) is 13.5 Å². The van der Waals surface area contributed by atoms with E-state index >= 15 is 0 Å². The van der Waals surface area contributed by atoms with E-state index in [1.54, 1.807) is 12.1 Å². The maximum Gasteiger partial charge on any atom is 0.206 e. The SMILES string of the molecule is O=S(=O)(c1ccc(O)cc1)c1ccc(OCc2ccccc2)cc1. The molecule has 0 atom stereocenters. The van der Waals surface area contributed by atoms with Gasteiger partial charge in [0, 0.05) is 0 Å². The summed E-state index contributed by atoms with van der Waals surface area (Å²) < 4.78 is 30.7. The highest BCUT2D eigenvalue weighted by Crippen LogP contribution is 2.24. The third-order valence-electron chi connectivity index (χ3n) is 3.53. The van der Waals surface area contributed by atoms with Gasteiger partial charge < -0.3 is 9.84 Å². The first kappa shape index (κ1) is 16.1. The molecule has 5 heteroatoms. The zero-order valence-corrected chi connectivity index (χ0v) is 13.6. The molecule has 3 aromatic rings. The molecule has 0 spiro atoms. The third kappa shape index (κ3) is 3.58. The Morgan fingerprint density at radius 3 is 1.88 bits per heavy atom. The molecule has 0 aliphatic carbocycles. The lowest BCUT2D eigenvalue weighted by atomic mass is 10.2. The summed E-state index contributed by atoms with van der Waals surface area (Å²) in [5.74, 6) is 0.627. The molecule has 0 fully saturated rings. The highest BCUT2D eigenvalue weighted by Gasteiger charge is 2.17. The Kier molecular flexibility index (Phi) is 4.53. The number of phenolic OH excluding ortho intramolecular Hbond substituents is 1. The van der Waals surface area contributed by atoms with E-state index in [1.807, 2.05) is 30.3 Å². The van der Waals surface area contributed by atoms with E-state index in [0.717, 1.165) is 5.56 Å². The summed E-state index contributed by atoms with van der Waals surface area (Å²) in [5, 5.41) is 9.27. The lowest BCUT2D eigenvalue weighted by molar-refractivity contribution is 0.306. The molecule has 24 heavy (non-hydrogen) atoms. The molecule has 122 valence electrons. The molecule has 0 aliphatic heterocycles. The second-order valence-electron chi connectivity index (χ2n) is 5.24.